The highest BCUT2D eigenvalue weighted by Crippen LogP contribution is 2.15. The predicted octanol–water partition coefficient (Wildman–Crippen LogP) is 1.63. The molecule has 0 amide bonds. The number of hydrogen-bond donors (Lipinski definition) is 3. The van der Waals surface area contributed by atoms with E-state index >= 15 is 0 Å². The van der Waals surface area contributed by atoms with Gasteiger partial charge in [0.1, 0.15) is 0 Å². The molecule has 18 heavy (non-hydrogen) atoms. The molecule has 3 N–H and O–H groups in total. The molecule has 0 radical (unpaired) electrons. The van der Waals surface area contributed by atoms with E-state index in [0.29, 0.717) is 17.0 Å². The maximum absolute atomic E-state index is 9.13. The van der Waals surface area contributed by atoms with Gasteiger partial charge in [0.25, 0.3) is 0 Å². The number of halogens is 1. The minimum absolute atomic E-state index is 0.373. The molecule has 3 nitrogen and oxygen atoms in total. The molecule has 0 aliphatic rings. The SMILES string of the molecule is OB(O)c1cc(Cl)cc(NCc2ccccc2)c1. The van der Waals surface area contributed by atoms with Crippen LogP contribution in [0, 0.1) is 0 Å². The average Bonchev–Trinajstić information content (AvgIpc) is 2.37. The summed E-state index contributed by atoms with van der Waals surface area (Å²) < 4.78 is 0. The first-order valence-electron chi connectivity index (χ1n) is 5.59. The summed E-state index contributed by atoms with van der Waals surface area (Å²) in [6, 6.07) is 14.9. The molecule has 92 valence electrons. The molecule has 0 saturated carbocycles. The lowest BCUT2D eigenvalue weighted by Crippen LogP contribution is -2.29. The van der Waals surface area contributed by atoms with Gasteiger partial charge in [-0.15, -0.1) is 0 Å². The van der Waals surface area contributed by atoms with Crippen molar-refractivity contribution in [2.45, 2.75) is 6.54 Å². The molecule has 0 saturated heterocycles. The van der Waals surface area contributed by atoms with Gasteiger partial charge in [0.15, 0.2) is 0 Å². The van der Waals surface area contributed by atoms with Gasteiger partial charge in [-0.1, -0.05) is 41.9 Å². The molecule has 0 bridgehead atoms. The van der Waals surface area contributed by atoms with Crippen molar-refractivity contribution in [3.63, 3.8) is 0 Å². The van der Waals surface area contributed by atoms with Gasteiger partial charge in [0.05, 0.1) is 0 Å². The van der Waals surface area contributed by atoms with Crippen molar-refractivity contribution in [2.24, 2.45) is 0 Å². The van der Waals surface area contributed by atoms with Crippen LogP contribution in [0.5, 0.6) is 0 Å². The predicted molar refractivity (Wildman–Crippen MR) is 75.0 cm³/mol. The summed E-state index contributed by atoms with van der Waals surface area (Å²) in [5.74, 6) is 0. The summed E-state index contributed by atoms with van der Waals surface area (Å²) >= 11 is 5.91. The van der Waals surface area contributed by atoms with Crippen LogP contribution in [0.1, 0.15) is 5.56 Å². The third kappa shape index (κ3) is 3.50. The van der Waals surface area contributed by atoms with Gasteiger partial charge in [-0.2, -0.15) is 0 Å². The van der Waals surface area contributed by atoms with E-state index in [0.717, 1.165) is 11.3 Å². The lowest BCUT2D eigenvalue weighted by Gasteiger charge is -2.09. The molecule has 2 aromatic rings. The lowest BCUT2D eigenvalue weighted by molar-refractivity contribution is 0.426. The second kappa shape index (κ2) is 5.91. The van der Waals surface area contributed by atoms with E-state index in [-0.39, 0.29) is 0 Å². The zero-order valence-corrected chi connectivity index (χ0v) is 10.4. The van der Waals surface area contributed by atoms with Gasteiger partial charge in [0.2, 0.25) is 0 Å². The number of hydrogen-bond acceptors (Lipinski definition) is 3. The summed E-state index contributed by atoms with van der Waals surface area (Å²) in [5, 5.41) is 21.9. The van der Waals surface area contributed by atoms with Gasteiger partial charge in [0, 0.05) is 17.3 Å². The maximum atomic E-state index is 9.13. The normalized spacial score (nSPS) is 10.2. The fourth-order valence-electron chi connectivity index (χ4n) is 1.66. The molecule has 0 aliphatic heterocycles. The van der Waals surface area contributed by atoms with Crippen LogP contribution >= 0.6 is 11.6 Å². The van der Waals surface area contributed by atoms with Crippen molar-refractivity contribution in [1.29, 1.82) is 0 Å². The molecule has 0 spiro atoms. The number of nitrogens with one attached hydrogen (secondary N) is 1. The summed E-state index contributed by atoms with van der Waals surface area (Å²) in [6.07, 6.45) is 0. The number of anilines is 1. The van der Waals surface area contributed by atoms with Gasteiger partial charge >= 0.3 is 7.12 Å². The van der Waals surface area contributed by atoms with Crippen LogP contribution in [0.15, 0.2) is 48.5 Å². The highest BCUT2D eigenvalue weighted by molar-refractivity contribution is 6.59. The summed E-state index contributed by atoms with van der Waals surface area (Å²) in [4.78, 5) is 0. The fourth-order valence-corrected chi connectivity index (χ4v) is 1.91. The number of benzene rings is 2. The van der Waals surface area contributed by atoms with E-state index in [1.54, 1.807) is 12.1 Å². The van der Waals surface area contributed by atoms with Gasteiger partial charge in [-0.05, 0) is 29.2 Å². The van der Waals surface area contributed by atoms with Gasteiger partial charge in [-0.3, -0.25) is 0 Å². The van der Waals surface area contributed by atoms with Crippen molar-refractivity contribution in [1.82, 2.24) is 0 Å². The van der Waals surface area contributed by atoms with Gasteiger partial charge < -0.3 is 15.4 Å². The summed E-state index contributed by atoms with van der Waals surface area (Å²) in [7, 11) is -1.51. The van der Waals surface area contributed by atoms with Crippen LogP contribution in [0.4, 0.5) is 5.69 Å². The van der Waals surface area contributed by atoms with Crippen LogP contribution < -0.4 is 10.8 Å². The molecule has 0 unspecified atom stereocenters. The Balaban J connectivity index is 2.10. The molecule has 0 aromatic heterocycles. The van der Waals surface area contributed by atoms with E-state index in [4.69, 9.17) is 21.6 Å². The second-order valence-electron chi connectivity index (χ2n) is 3.99. The van der Waals surface area contributed by atoms with Crippen molar-refractivity contribution in [2.75, 3.05) is 5.32 Å². The molecule has 0 atom stereocenters. The first kappa shape index (κ1) is 13.0. The highest BCUT2D eigenvalue weighted by atomic mass is 35.5. The summed E-state index contributed by atoms with van der Waals surface area (Å²) in [6.45, 7) is 0.655. The van der Waals surface area contributed by atoms with Crippen LogP contribution in [-0.4, -0.2) is 17.2 Å². The van der Waals surface area contributed by atoms with E-state index in [1.165, 1.54) is 6.07 Å². The monoisotopic (exact) mass is 261 g/mol. The van der Waals surface area contributed by atoms with Crippen molar-refractivity contribution >= 4 is 29.9 Å². The van der Waals surface area contributed by atoms with Crippen molar-refractivity contribution < 1.29 is 10.0 Å². The van der Waals surface area contributed by atoms with E-state index in [9.17, 15) is 0 Å². The maximum Gasteiger partial charge on any atom is 0.488 e. The fraction of sp³-hybridized carbons (Fsp3) is 0.0769. The Labute approximate surface area is 111 Å². The minimum Gasteiger partial charge on any atom is -0.423 e. The van der Waals surface area contributed by atoms with E-state index in [2.05, 4.69) is 5.32 Å². The Kier molecular flexibility index (Phi) is 4.26. The first-order valence-corrected chi connectivity index (χ1v) is 5.97. The third-order valence-corrected chi connectivity index (χ3v) is 2.78. The molecule has 2 rings (SSSR count). The van der Waals surface area contributed by atoms with Crippen LogP contribution in [-0.2, 0) is 6.54 Å². The molecule has 0 heterocycles. The molecule has 5 heteroatoms. The van der Waals surface area contributed by atoms with Gasteiger partial charge in [-0.25, -0.2) is 0 Å². The van der Waals surface area contributed by atoms with Crippen LogP contribution in [0.25, 0.3) is 0 Å². The first-order chi connectivity index (χ1) is 8.65. The molecule has 0 fully saturated rings. The quantitative estimate of drug-likeness (QED) is 0.733. The van der Waals surface area contributed by atoms with E-state index in [1.807, 2.05) is 30.3 Å². The zero-order chi connectivity index (χ0) is 13.0. The largest absolute Gasteiger partial charge is 0.488 e. The molecule has 0 aliphatic carbocycles. The Morgan fingerprint density at radius 3 is 2.44 bits per heavy atom. The smallest absolute Gasteiger partial charge is 0.423 e. The highest BCUT2D eigenvalue weighted by Gasteiger charge is 2.12. The molecule has 2 aromatic carbocycles. The Morgan fingerprint density at radius 2 is 1.78 bits per heavy atom. The van der Waals surface area contributed by atoms with Crippen LogP contribution in [0.3, 0.4) is 0 Å². The average molecular weight is 262 g/mol. The van der Waals surface area contributed by atoms with E-state index < -0.39 is 7.12 Å². The second-order valence-corrected chi connectivity index (χ2v) is 4.42. The third-order valence-electron chi connectivity index (χ3n) is 2.56. The lowest BCUT2D eigenvalue weighted by atomic mass is 9.80. The zero-order valence-electron chi connectivity index (χ0n) is 9.68. The van der Waals surface area contributed by atoms with Crippen molar-refractivity contribution in [3.05, 3.63) is 59.1 Å². The number of rotatable bonds is 4. The Morgan fingerprint density at radius 1 is 1.06 bits per heavy atom. The van der Waals surface area contributed by atoms with Crippen molar-refractivity contribution in [3.8, 4) is 0 Å². The standard InChI is InChI=1S/C13H13BClNO2/c15-12-6-11(14(17)18)7-13(8-12)16-9-10-4-2-1-3-5-10/h1-8,16-18H,9H2. The molecular formula is C13H13BClNO2. The minimum atomic E-state index is -1.51. The van der Waals surface area contributed by atoms with Crippen LogP contribution in [0.2, 0.25) is 5.02 Å². The summed E-state index contributed by atoms with van der Waals surface area (Å²) in [5.41, 5.74) is 2.27. The molecular weight excluding hydrogens is 248 g/mol. The topological polar surface area (TPSA) is 52.5 Å². The Bertz CT molecular complexity index is 520. The Hall–Kier alpha value is -1.49.